The van der Waals surface area contributed by atoms with E-state index >= 15 is 0 Å². The molecular formula is C13H19N3O2. The van der Waals surface area contributed by atoms with E-state index < -0.39 is 5.60 Å². The van der Waals surface area contributed by atoms with Crippen molar-refractivity contribution in [1.29, 1.82) is 0 Å². The molecule has 0 spiro atoms. The van der Waals surface area contributed by atoms with E-state index in [-0.39, 0.29) is 12.5 Å². The van der Waals surface area contributed by atoms with Crippen LogP contribution < -0.4 is 16.8 Å². The zero-order valence-electron chi connectivity index (χ0n) is 10.3. The number of carbonyl (C=O) groups excluding carboxylic acids is 1. The first-order valence-electron chi connectivity index (χ1n) is 6.15. The Balaban J connectivity index is 1.99. The van der Waals surface area contributed by atoms with Crippen molar-refractivity contribution in [3.63, 3.8) is 0 Å². The van der Waals surface area contributed by atoms with E-state index in [0.717, 1.165) is 25.7 Å². The van der Waals surface area contributed by atoms with Crippen LogP contribution in [0.15, 0.2) is 18.2 Å². The van der Waals surface area contributed by atoms with Gasteiger partial charge in [0.2, 0.25) is 0 Å². The molecule has 5 nitrogen and oxygen atoms in total. The molecule has 0 unspecified atom stereocenters. The van der Waals surface area contributed by atoms with E-state index in [4.69, 9.17) is 11.5 Å². The quantitative estimate of drug-likeness (QED) is 0.597. The van der Waals surface area contributed by atoms with Crippen molar-refractivity contribution >= 4 is 17.3 Å². The average Bonchev–Trinajstić information content (AvgIpc) is 2.72. The molecule has 0 saturated heterocycles. The minimum atomic E-state index is -0.748. The van der Waals surface area contributed by atoms with Crippen LogP contribution in [0.4, 0.5) is 11.4 Å². The average molecular weight is 249 g/mol. The molecule has 18 heavy (non-hydrogen) atoms. The van der Waals surface area contributed by atoms with Crippen LogP contribution in [0.2, 0.25) is 0 Å². The lowest BCUT2D eigenvalue weighted by Gasteiger charge is -2.22. The topological polar surface area (TPSA) is 101 Å². The number of hydrogen-bond acceptors (Lipinski definition) is 4. The smallest absolute Gasteiger partial charge is 0.251 e. The van der Waals surface area contributed by atoms with Crippen molar-refractivity contribution in [2.24, 2.45) is 0 Å². The van der Waals surface area contributed by atoms with Gasteiger partial charge in [0, 0.05) is 23.5 Å². The molecule has 1 aromatic carbocycles. The lowest BCUT2D eigenvalue weighted by molar-refractivity contribution is 0.0450. The van der Waals surface area contributed by atoms with Crippen molar-refractivity contribution in [3.8, 4) is 0 Å². The minimum Gasteiger partial charge on any atom is -0.399 e. The van der Waals surface area contributed by atoms with Gasteiger partial charge in [-0.25, -0.2) is 0 Å². The highest BCUT2D eigenvalue weighted by atomic mass is 16.3. The Morgan fingerprint density at radius 3 is 2.33 bits per heavy atom. The fourth-order valence-corrected chi connectivity index (χ4v) is 2.36. The van der Waals surface area contributed by atoms with Gasteiger partial charge in [-0.05, 0) is 31.0 Å². The van der Waals surface area contributed by atoms with Crippen molar-refractivity contribution in [2.75, 3.05) is 18.0 Å². The molecule has 1 aliphatic rings. The molecule has 2 rings (SSSR count). The first-order chi connectivity index (χ1) is 8.48. The second-order valence-electron chi connectivity index (χ2n) is 5.00. The van der Waals surface area contributed by atoms with E-state index in [9.17, 15) is 9.90 Å². The number of nitrogen functional groups attached to an aromatic ring is 2. The summed E-state index contributed by atoms with van der Waals surface area (Å²) in [6.45, 7) is 0.278. The molecule has 0 aliphatic heterocycles. The molecule has 0 radical (unpaired) electrons. The molecule has 1 saturated carbocycles. The molecule has 0 aromatic heterocycles. The fraction of sp³-hybridized carbons (Fsp3) is 0.462. The maximum absolute atomic E-state index is 11.9. The van der Waals surface area contributed by atoms with Gasteiger partial charge in [-0.3, -0.25) is 4.79 Å². The van der Waals surface area contributed by atoms with Crippen molar-refractivity contribution in [1.82, 2.24) is 5.32 Å². The molecule has 1 aliphatic carbocycles. The van der Waals surface area contributed by atoms with Crippen LogP contribution in [0.5, 0.6) is 0 Å². The highest BCUT2D eigenvalue weighted by Gasteiger charge is 2.31. The van der Waals surface area contributed by atoms with Gasteiger partial charge in [0.1, 0.15) is 0 Å². The number of benzene rings is 1. The van der Waals surface area contributed by atoms with Crippen LogP contribution >= 0.6 is 0 Å². The molecule has 1 amide bonds. The SMILES string of the molecule is Nc1cc(N)cc(C(=O)NCC2(O)CCCC2)c1. The first kappa shape index (κ1) is 12.7. The number of nitrogens with two attached hydrogens (primary N) is 2. The molecule has 5 heteroatoms. The molecule has 1 aromatic rings. The number of amides is 1. The van der Waals surface area contributed by atoms with Crippen LogP contribution in [0.3, 0.4) is 0 Å². The summed E-state index contributed by atoms with van der Waals surface area (Å²) in [5, 5.41) is 12.9. The molecule has 0 bridgehead atoms. The minimum absolute atomic E-state index is 0.255. The zero-order valence-corrected chi connectivity index (χ0v) is 10.3. The van der Waals surface area contributed by atoms with Crippen LogP contribution in [-0.4, -0.2) is 23.2 Å². The number of carbonyl (C=O) groups is 1. The predicted molar refractivity (Wildman–Crippen MR) is 71.0 cm³/mol. The van der Waals surface area contributed by atoms with Gasteiger partial charge in [-0.15, -0.1) is 0 Å². The van der Waals surface area contributed by atoms with E-state index in [1.54, 1.807) is 18.2 Å². The summed E-state index contributed by atoms with van der Waals surface area (Å²) in [4.78, 5) is 11.9. The molecule has 6 N–H and O–H groups in total. The number of nitrogens with one attached hydrogen (secondary N) is 1. The molecule has 98 valence electrons. The largest absolute Gasteiger partial charge is 0.399 e. The van der Waals surface area contributed by atoms with Gasteiger partial charge in [0.05, 0.1) is 5.60 Å². The number of rotatable bonds is 3. The number of aliphatic hydroxyl groups is 1. The normalized spacial score (nSPS) is 17.6. The lowest BCUT2D eigenvalue weighted by Crippen LogP contribution is -2.40. The highest BCUT2D eigenvalue weighted by Crippen LogP contribution is 2.28. The monoisotopic (exact) mass is 249 g/mol. The third kappa shape index (κ3) is 2.92. The van der Waals surface area contributed by atoms with Crippen LogP contribution in [0.25, 0.3) is 0 Å². The maximum atomic E-state index is 11.9. The Kier molecular flexibility index (Phi) is 3.43. The highest BCUT2D eigenvalue weighted by molar-refractivity contribution is 5.96. The van der Waals surface area contributed by atoms with Crippen LogP contribution in [0, 0.1) is 0 Å². The van der Waals surface area contributed by atoms with E-state index in [0.29, 0.717) is 16.9 Å². The Morgan fingerprint density at radius 1 is 1.22 bits per heavy atom. The summed E-state index contributed by atoms with van der Waals surface area (Å²) in [6, 6.07) is 4.75. The van der Waals surface area contributed by atoms with Gasteiger partial charge in [-0.2, -0.15) is 0 Å². The van der Waals surface area contributed by atoms with Crippen molar-refractivity contribution in [2.45, 2.75) is 31.3 Å². The maximum Gasteiger partial charge on any atom is 0.251 e. The second kappa shape index (κ2) is 4.86. The molecular weight excluding hydrogens is 230 g/mol. The Hall–Kier alpha value is -1.75. The fourth-order valence-electron chi connectivity index (χ4n) is 2.36. The number of hydrogen-bond donors (Lipinski definition) is 4. The standard InChI is InChI=1S/C13H19N3O2/c14-10-5-9(6-11(15)7-10)12(17)16-8-13(18)3-1-2-4-13/h5-7,18H,1-4,8,14-15H2,(H,16,17). The summed E-state index contributed by atoms with van der Waals surface area (Å²) >= 11 is 0. The second-order valence-corrected chi connectivity index (χ2v) is 5.00. The summed E-state index contributed by atoms with van der Waals surface area (Å²) in [5.74, 6) is -0.255. The zero-order chi connectivity index (χ0) is 13.2. The van der Waals surface area contributed by atoms with Gasteiger partial charge in [0.25, 0.3) is 5.91 Å². The van der Waals surface area contributed by atoms with E-state index in [1.807, 2.05) is 0 Å². The number of anilines is 2. The Labute approximate surface area is 106 Å². The third-order valence-electron chi connectivity index (χ3n) is 3.35. The summed E-state index contributed by atoms with van der Waals surface area (Å²) in [7, 11) is 0. The van der Waals surface area contributed by atoms with Crippen LogP contribution in [0.1, 0.15) is 36.0 Å². The van der Waals surface area contributed by atoms with Gasteiger partial charge in [0.15, 0.2) is 0 Å². The summed E-state index contributed by atoms with van der Waals surface area (Å²) in [5.41, 5.74) is 11.9. The first-order valence-corrected chi connectivity index (χ1v) is 6.15. The third-order valence-corrected chi connectivity index (χ3v) is 3.35. The Morgan fingerprint density at radius 2 is 1.78 bits per heavy atom. The summed E-state index contributed by atoms with van der Waals surface area (Å²) < 4.78 is 0. The lowest BCUT2D eigenvalue weighted by atomic mass is 10.0. The molecule has 0 heterocycles. The molecule has 0 atom stereocenters. The van der Waals surface area contributed by atoms with Gasteiger partial charge in [-0.1, -0.05) is 12.8 Å². The van der Waals surface area contributed by atoms with Gasteiger partial charge >= 0.3 is 0 Å². The van der Waals surface area contributed by atoms with Crippen LogP contribution in [-0.2, 0) is 0 Å². The van der Waals surface area contributed by atoms with E-state index in [1.165, 1.54) is 0 Å². The van der Waals surface area contributed by atoms with E-state index in [2.05, 4.69) is 5.32 Å². The van der Waals surface area contributed by atoms with Gasteiger partial charge < -0.3 is 21.9 Å². The molecule has 1 fully saturated rings. The van der Waals surface area contributed by atoms with Crippen molar-refractivity contribution < 1.29 is 9.90 Å². The summed E-state index contributed by atoms with van der Waals surface area (Å²) in [6.07, 6.45) is 3.51. The predicted octanol–water partition coefficient (Wildman–Crippen LogP) is 0.886. The Bertz CT molecular complexity index is 433. The van der Waals surface area contributed by atoms with Crippen molar-refractivity contribution in [3.05, 3.63) is 23.8 Å².